The predicted molar refractivity (Wildman–Crippen MR) is 78.5 cm³/mol. The second-order valence-corrected chi connectivity index (χ2v) is 6.22. The average Bonchev–Trinajstić information content (AvgIpc) is 2.98. The number of nitrogens with zero attached hydrogens (tertiary/aromatic N) is 1. The molecule has 1 saturated carbocycles. The minimum absolute atomic E-state index is 0.0741. The van der Waals surface area contributed by atoms with E-state index < -0.39 is 5.97 Å². The number of rotatable bonds is 5. The fraction of sp³-hybridized carbons (Fsp3) is 0.333. The first kappa shape index (κ1) is 13.9. The summed E-state index contributed by atoms with van der Waals surface area (Å²) in [6.07, 6.45) is 1.77. The first-order valence-electron chi connectivity index (χ1n) is 6.74. The van der Waals surface area contributed by atoms with Crippen LogP contribution in [0.25, 0.3) is 10.6 Å². The normalized spacial score (nSPS) is 14.1. The Bertz CT molecular complexity index is 683. The Morgan fingerprint density at radius 2 is 2.10 bits per heavy atom. The molecule has 2 heterocycles. The predicted octanol–water partition coefficient (Wildman–Crippen LogP) is 3.01. The van der Waals surface area contributed by atoms with Crippen LogP contribution >= 0.6 is 11.3 Å². The molecule has 0 aliphatic heterocycles. The van der Waals surface area contributed by atoms with Gasteiger partial charge in [-0.2, -0.15) is 0 Å². The van der Waals surface area contributed by atoms with E-state index in [4.69, 9.17) is 9.52 Å². The standard InChI is InChI=1S/C15H15NO4S/c1-9-2-5-11(20-9)12-6-7-13(21-12)15(19)16(8-14(17)18)10-3-4-10/h2,5-7,10H,3-4,8H2,1H3,(H,17,18). The molecular formula is C15H15NO4S. The Balaban J connectivity index is 1.81. The van der Waals surface area contributed by atoms with E-state index in [0.717, 1.165) is 29.2 Å². The van der Waals surface area contributed by atoms with Gasteiger partial charge >= 0.3 is 5.97 Å². The van der Waals surface area contributed by atoms with Gasteiger partial charge < -0.3 is 14.4 Å². The van der Waals surface area contributed by atoms with Crippen molar-refractivity contribution in [2.45, 2.75) is 25.8 Å². The lowest BCUT2D eigenvalue weighted by molar-refractivity contribution is -0.137. The van der Waals surface area contributed by atoms with Gasteiger partial charge in [0.15, 0.2) is 0 Å². The summed E-state index contributed by atoms with van der Waals surface area (Å²) in [5, 5.41) is 8.94. The van der Waals surface area contributed by atoms with Gasteiger partial charge in [0.05, 0.1) is 9.75 Å². The van der Waals surface area contributed by atoms with E-state index in [1.807, 2.05) is 25.1 Å². The van der Waals surface area contributed by atoms with Crippen molar-refractivity contribution in [3.8, 4) is 10.6 Å². The molecule has 0 bridgehead atoms. The molecule has 3 rings (SSSR count). The van der Waals surface area contributed by atoms with Crippen molar-refractivity contribution >= 4 is 23.2 Å². The van der Waals surface area contributed by atoms with Crippen molar-refractivity contribution < 1.29 is 19.1 Å². The van der Waals surface area contributed by atoms with Crippen LogP contribution in [0.5, 0.6) is 0 Å². The molecule has 0 saturated heterocycles. The lowest BCUT2D eigenvalue weighted by Gasteiger charge is -2.19. The molecule has 1 aliphatic rings. The van der Waals surface area contributed by atoms with Gasteiger partial charge in [0, 0.05) is 6.04 Å². The monoisotopic (exact) mass is 305 g/mol. The number of aliphatic carboxylic acids is 1. The summed E-state index contributed by atoms with van der Waals surface area (Å²) in [5.41, 5.74) is 0. The first-order valence-corrected chi connectivity index (χ1v) is 7.55. The molecule has 6 heteroatoms. The molecule has 0 unspecified atom stereocenters. The SMILES string of the molecule is Cc1ccc(-c2ccc(C(=O)N(CC(=O)O)C3CC3)s2)o1. The number of furan rings is 1. The quantitative estimate of drug-likeness (QED) is 0.921. The molecule has 1 fully saturated rings. The van der Waals surface area contributed by atoms with Gasteiger partial charge in [-0.05, 0) is 44.0 Å². The van der Waals surface area contributed by atoms with E-state index in [-0.39, 0.29) is 18.5 Å². The lowest BCUT2D eigenvalue weighted by atomic mass is 10.3. The molecule has 0 aromatic carbocycles. The van der Waals surface area contributed by atoms with E-state index in [9.17, 15) is 9.59 Å². The maximum Gasteiger partial charge on any atom is 0.323 e. The molecule has 5 nitrogen and oxygen atoms in total. The molecule has 0 atom stereocenters. The van der Waals surface area contributed by atoms with Crippen LogP contribution in [0.1, 0.15) is 28.3 Å². The topological polar surface area (TPSA) is 70.8 Å². The van der Waals surface area contributed by atoms with Gasteiger partial charge in [-0.25, -0.2) is 0 Å². The molecule has 0 spiro atoms. The third-order valence-corrected chi connectivity index (χ3v) is 4.44. The van der Waals surface area contributed by atoms with Gasteiger partial charge in [0.2, 0.25) is 0 Å². The van der Waals surface area contributed by atoms with Crippen LogP contribution in [-0.4, -0.2) is 34.5 Å². The van der Waals surface area contributed by atoms with Gasteiger partial charge in [-0.15, -0.1) is 11.3 Å². The average molecular weight is 305 g/mol. The summed E-state index contributed by atoms with van der Waals surface area (Å²) >= 11 is 1.33. The Labute approximate surface area is 125 Å². The zero-order chi connectivity index (χ0) is 15.0. The van der Waals surface area contributed by atoms with Crippen LogP contribution in [0.4, 0.5) is 0 Å². The molecule has 1 amide bonds. The smallest absolute Gasteiger partial charge is 0.323 e. The number of hydrogen-bond acceptors (Lipinski definition) is 4. The minimum atomic E-state index is -0.978. The maximum atomic E-state index is 12.5. The number of carbonyl (C=O) groups is 2. The number of thiophene rings is 1. The Hall–Kier alpha value is -2.08. The summed E-state index contributed by atoms with van der Waals surface area (Å²) in [7, 11) is 0. The van der Waals surface area contributed by atoms with Crippen LogP contribution in [0.3, 0.4) is 0 Å². The third kappa shape index (κ3) is 3.00. The zero-order valence-electron chi connectivity index (χ0n) is 11.5. The summed E-state index contributed by atoms with van der Waals surface area (Å²) in [4.78, 5) is 26.2. The molecule has 2 aromatic rings. The van der Waals surface area contributed by atoms with Crippen LogP contribution < -0.4 is 0 Å². The van der Waals surface area contributed by atoms with E-state index in [1.54, 1.807) is 6.07 Å². The van der Waals surface area contributed by atoms with Crippen molar-refractivity contribution in [3.63, 3.8) is 0 Å². The van der Waals surface area contributed by atoms with Crippen LogP contribution in [0, 0.1) is 6.92 Å². The van der Waals surface area contributed by atoms with Gasteiger partial charge in [0.1, 0.15) is 18.1 Å². The zero-order valence-corrected chi connectivity index (χ0v) is 12.4. The Morgan fingerprint density at radius 1 is 1.33 bits per heavy atom. The molecule has 0 radical (unpaired) electrons. The number of carboxylic acids is 1. The number of carbonyl (C=O) groups excluding carboxylic acids is 1. The fourth-order valence-electron chi connectivity index (χ4n) is 2.19. The molecule has 110 valence electrons. The van der Waals surface area contributed by atoms with Crippen molar-refractivity contribution in [2.24, 2.45) is 0 Å². The van der Waals surface area contributed by atoms with Crippen LogP contribution in [0.15, 0.2) is 28.7 Å². The highest BCUT2D eigenvalue weighted by molar-refractivity contribution is 7.17. The van der Waals surface area contributed by atoms with E-state index in [2.05, 4.69) is 0 Å². The highest BCUT2D eigenvalue weighted by Gasteiger charge is 2.34. The summed E-state index contributed by atoms with van der Waals surface area (Å²) < 4.78 is 5.54. The van der Waals surface area contributed by atoms with E-state index in [0.29, 0.717) is 4.88 Å². The Morgan fingerprint density at radius 3 is 2.67 bits per heavy atom. The van der Waals surface area contributed by atoms with Gasteiger partial charge in [0.25, 0.3) is 5.91 Å². The van der Waals surface area contributed by atoms with Crippen molar-refractivity contribution in [1.29, 1.82) is 0 Å². The fourth-order valence-corrected chi connectivity index (χ4v) is 3.12. The largest absolute Gasteiger partial charge is 0.480 e. The summed E-state index contributed by atoms with van der Waals surface area (Å²) in [5.74, 6) is 0.359. The number of carboxylic acid groups (broad SMARTS) is 1. The van der Waals surface area contributed by atoms with Gasteiger partial charge in [-0.3, -0.25) is 9.59 Å². The second kappa shape index (κ2) is 5.37. The maximum absolute atomic E-state index is 12.5. The first-order chi connectivity index (χ1) is 10.0. The van der Waals surface area contributed by atoms with E-state index >= 15 is 0 Å². The van der Waals surface area contributed by atoms with Crippen molar-refractivity contribution in [3.05, 3.63) is 34.9 Å². The highest BCUT2D eigenvalue weighted by Crippen LogP contribution is 2.33. The second-order valence-electron chi connectivity index (χ2n) is 5.13. The summed E-state index contributed by atoms with van der Waals surface area (Å²) in [6.45, 7) is 1.63. The Kier molecular flexibility index (Phi) is 3.55. The molecule has 1 N–H and O–H groups in total. The molecule has 2 aromatic heterocycles. The van der Waals surface area contributed by atoms with Crippen molar-refractivity contribution in [2.75, 3.05) is 6.54 Å². The van der Waals surface area contributed by atoms with Crippen LogP contribution in [0.2, 0.25) is 0 Å². The highest BCUT2D eigenvalue weighted by atomic mass is 32.1. The molecule has 21 heavy (non-hydrogen) atoms. The van der Waals surface area contributed by atoms with Crippen molar-refractivity contribution in [1.82, 2.24) is 4.90 Å². The van der Waals surface area contributed by atoms with Crippen LogP contribution in [-0.2, 0) is 4.79 Å². The number of amides is 1. The van der Waals surface area contributed by atoms with Gasteiger partial charge in [-0.1, -0.05) is 0 Å². The third-order valence-electron chi connectivity index (χ3n) is 3.35. The summed E-state index contributed by atoms with van der Waals surface area (Å²) in [6, 6.07) is 7.38. The minimum Gasteiger partial charge on any atom is -0.480 e. The molecular weight excluding hydrogens is 290 g/mol. The number of aryl methyl sites for hydroxylation is 1. The van der Waals surface area contributed by atoms with E-state index in [1.165, 1.54) is 16.2 Å². The lowest BCUT2D eigenvalue weighted by Crippen LogP contribution is -2.37. The molecule has 1 aliphatic carbocycles. The number of hydrogen-bond donors (Lipinski definition) is 1.